The molecule has 3 N–H and O–H groups in total. The van der Waals surface area contributed by atoms with Crippen molar-refractivity contribution in [1.82, 2.24) is 10.2 Å². The monoisotopic (exact) mass is 407 g/mol. The molecule has 0 saturated carbocycles. The number of sulfonamides is 1. The van der Waals surface area contributed by atoms with Gasteiger partial charge in [0.15, 0.2) is 0 Å². The molecule has 6 nitrogen and oxygen atoms in total. The average Bonchev–Trinajstić information content (AvgIpc) is 3.30. The number of carbonyl (C=O) groups is 1. The van der Waals surface area contributed by atoms with E-state index < -0.39 is 10.0 Å². The Bertz CT molecular complexity index is 918. The van der Waals surface area contributed by atoms with Crippen molar-refractivity contribution in [2.45, 2.75) is 37.6 Å². The Labute approximate surface area is 164 Å². The number of thiophene rings is 1. The topological polar surface area (TPSA) is 92.5 Å². The largest absolute Gasteiger partial charge is 0.350 e. The van der Waals surface area contributed by atoms with E-state index in [4.69, 9.17) is 5.14 Å². The normalized spacial score (nSPS) is 16.4. The number of primary sulfonamides is 1. The van der Waals surface area contributed by atoms with E-state index in [1.165, 1.54) is 23.8 Å². The Hall–Kier alpha value is -1.74. The van der Waals surface area contributed by atoms with Gasteiger partial charge in [0.2, 0.25) is 10.0 Å². The molecule has 1 saturated heterocycles. The highest BCUT2D eigenvalue weighted by Crippen LogP contribution is 2.28. The van der Waals surface area contributed by atoms with Crippen LogP contribution in [0.15, 0.2) is 34.5 Å². The van der Waals surface area contributed by atoms with Gasteiger partial charge in [-0.3, -0.25) is 9.69 Å². The third-order valence-corrected chi connectivity index (χ3v) is 7.11. The van der Waals surface area contributed by atoms with Crippen molar-refractivity contribution in [2.24, 2.45) is 5.14 Å². The van der Waals surface area contributed by atoms with Gasteiger partial charge in [-0.25, -0.2) is 13.6 Å². The van der Waals surface area contributed by atoms with Gasteiger partial charge in [0.1, 0.15) is 0 Å². The highest BCUT2D eigenvalue weighted by Gasteiger charge is 2.25. The highest BCUT2D eigenvalue weighted by atomic mass is 32.2. The fourth-order valence-corrected chi connectivity index (χ4v) is 5.23. The maximum absolute atomic E-state index is 12.7. The molecule has 1 aliphatic heterocycles. The summed E-state index contributed by atoms with van der Waals surface area (Å²) < 4.78 is 23.6. The minimum absolute atomic E-state index is 0.00185. The highest BCUT2D eigenvalue weighted by molar-refractivity contribution is 7.89. The number of nitrogens with two attached hydrogens (primary N) is 1. The number of hydrogen-bond acceptors (Lipinski definition) is 5. The lowest BCUT2D eigenvalue weighted by Crippen LogP contribution is -2.36. The standard InChI is InChI=1S/C19H25N3O3S2/c1-13-10-15(11-18(14(13)2)27(20,24)25)19(23)21-12-16(17-6-5-9-26-17)22-7-3-4-8-22/h5-6,9-11,16H,3-4,7-8,12H2,1-2H3,(H,21,23)(H2,20,24,25). The fourth-order valence-electron chi connectivity index (χ4n) is 3.49. The lowest BCUT2D eigenvalue weighted by atomic mass is 10.1. The lowest BCUT2D eigenvalue weighted by molar-refractivity contribution is 0.0938. The Morgan fingerprint density at radius 2 is 2.00 bits per heavy atom. The number of aryl methyl sites for hydroxylation is 1. The molecule has 1 aliphatic rings. The van der Waals surface area contributed by atoms with Crippen LogP contribution in [0.25, 0.3) is 0 Å². The molecule has 1 amide bonds. The zero-order valence-corrected chi connectivity index (χ0v) is 17.2. The summed E-state index contributed by atoms with van der Waals surface area (Å²) in [5.41, 5.74) is 1.61. The smallest absolute Gasteiger partial charge is 0.251 e. The van der Waals surface area contributed by atoms with Crippen LogP contribution in [0.1, 0.15) is 45.2 Å². The quantitative estimate of drug-likeness (QED) is 0.770. The second-order valence-electron chi connectivity index (χ2n) is 6.95. The molecular formula is C19H25N3O3S2. The molecule has 146 valence electrons. The average molecular weight is 408 g/mol. The van der Waals surface area contributed by atoms with Gasteiger partial charge in [-0.05, 0) is 74.5 Å². The van der Waals surface area contributed by atoms with Gasteiger partial charge in [-0.15, -0.1) is 11.3 Å². The van der Waals surface area contributed by atoms with E-state index >= 15 is 0 Å². The third kappa shape index (κ3) is 4.57. The van der Waals surface area contributed by atoms with E-state index in [1.54, 1.807) is 31.3 Å². The van der Waals surface area contributed by atoms with Crippen LogP contribution in [0.2, 0.25) is 0 Å². The van der Waals surface area contributed by atoms with Crippen molar-refractivity contribution in [1.29, 1.82) is 0 Å². The molecule has 1 fully saturated rings. The first-order valence-electron chi connectivity index (χ1n) is 8.97. The summed E-state index contributed by atoms with van der Waals surface area (Å²) in [5.74, 6) is -0.288. The van der Waals surface area contributed by atoms with E-state index in [1.807, 2.05) is 11.4 Å². The van der Waals surface area contributed by atoms with Crippen molar-refractivity contribution >= 4 is 27.3 Å². The van der Waals surface area contributed by atoms with Crippen LogP contribution >= 0.6 is 11.3 Å². The summed E-state index contributed by atoms with van der Waals surface area (Å²) in [5, 5.41) is 10.3. The van der Waals surface area contributed by atoms with Crippen LogP contribution in [0, 0.1) is 13.8 Å². The predicted octanol–water partition coefficient (Wildman–Crippen LogP) is 2.58. The van der Waals surface area contributed by atoms with Crippen molar-refractivity contribution < 1.29 is 13.2 Å². The SMILES string of the molecule is Cc1cc(C(=O)NCC(c2cccs2)N2CCCC2)cc(S(N)(=O)=O)c1C. The molecule has 3 rings (SSSR count). The molecule has 8 heteroatoms. The molecule has 27 heavy (non-hydrogen) atoms. The van der Waals surface area contributed by atoms with E-state index in [-0.39, 0.29) is 16.8 Å². The van der Waals surface area contributed by atoms with Gasteiger partial charge in [-0.2, -0.15) is 0 Å². The van der Waals surface area contributed by atoms with Crippen LogP contribution < -0.4 is 10.5 Å². The third-order valence-electron chi connectivity index (χ3n) is 5.10. The summed E-state index contributed by atoms with van der Waals surface area (Å²) in [4.78, 5) is 16.3. The van der Waals surface area contributed by atoms with E-state index in [0.717, 1.165) is 18.7 Å². The minimum atomic E-state index is -3.88. The first kappa shape index (κ1) is 20.0. The molecule has 0 spiro atoms. The van der Waals surface area contributed by atoms with Crippen LogP contribution in [0.4, 0.5) is 0 Å². The maximum atomic E-state index is 12.7. The van der Waals surface area contributed by atoms with Gasteiger partial charge in [0.05, 0.1) is 10.9 Å². The molecule has 1 unspecified atom stereocenters. The van der Waals surface area contributed by atoms with Crippen molar-refractivity contribution in [3.63, 3.8) is 0 Å². The van der Waals surface area contributed by atoms with Gasteiger partial charge in [0.25, 0.3) is 5.91 Å². The molecule has 1 atom stereocenters. The molecule has 0 bridgehead atoms. The number of rotatable bonds is 6. The molecule has 1 aromatic heterocycles. The number of hydrogen-bond donors (Lipinski definition) is 2. The zero-order valence-electron chi connectivity index (χ0n) is 15.6. The summed E-state index contributed by atoms with van der Waals surface area (Å²) in [7, 11) is -3.88. The molecule has 2 aromatic rings. The zero-order chi connectivity index (χ0) is 19.6. The second kappa shape index (κ2) is 8.10. The van der Waals surface area contributed by atoms with Crippen LogP contribution in [0.5, 0.6) is 0 Å². The minimum Gasteiger partial charge on any atom is -0.350 e. The Morgan fingerprint density at radius 1 is 1.30 bits per heavy atom. The second-order valence-corrected chi connectivity index (χ2v) is 9.45. The molecule has 2 heterocycles. The van der Waals surface area contributed by atoms with Crippen molar-refractivity contribution in [3.8, 4) is 0 Å². The summed E-state index contributed by atoms with van der Waals surface area (Å²) in [6.07, 6.45) is 2.34. The van der Waals surface area contributed by atoms with Gasteiger partial charge < -0.3 is 5.32 Å². The van der Waals surface area contributed by atoms with Gasteiger partial charge in [0, 0.05) is 17.0 Å². The van der Waals surface area contributed by atoms with Crippen LogP contribution in [-0.2, 0) is 10.0 Å². The number of nitrogens with one attached hydrogen (secondary N) is 1. The van der Waals surface area contributed by atoms with Crippen LogP contribution in [0.3, 0.4) is 0 Å². The Balaban J connectivity index is 1.79. The van der Waals surface area contributed by atoms with Crippen molar-refractivity contribution in [3.05, 3.63) is 51.2 Å². The van der Waals surface area contributed by atoms with Crippen LogP contribution in [-0.4, -0.2) is 38.9 Å². The first-order chi connectivity index (χ1) is 12.8. The van der Waals surface area contributed by atoms with Crippen molar-refractivity contribution in [2.75, 3.05) is 19.6 Å². The van der Waals surface area contributed by atoms with E-state index in [0.29, 0.717) is 17.7 Å². The molecule has 0 aliphatic carbocycles. The lowest BCUT2D eigenvalue weighted by Gasteiger charge is -2.27. The van der Waals surface area contributed by atoms with E-state index in [9.17, 15) is 13.2 Å². The first-order valence-corrected chi connectivity index (χ1v) is 11.4. The summed E-state index contributed by atoms with van der Waals surface area (Å²) in [6, 6.07) is 7.32. The number of carbonyl (C=O) groups excluding carboxylic acids is 1. The maximum Gasteiger partial charge on any atom is 0.251 e. The molecule has 0 radical (unpaired) electrons. The number of amides is 1. The molecule has 1 aromatic carbocycles. The fraction of sp³-hybridized carbons (Fsp3) is 0.421. The number of nitrogens with zero attached hydrogens (tertiary/aromatic N) is 1. The molecular weight excluding hydrogens is 382 g/mol. The van der Waals surface area contributed by atoms with Gasteiger partial charge in [-0.1, -0.05) is 6.07 Å². The number of benzene rings is 1. The predicted molar refractivity (Wildman–Crippen MR) is 107 cm³/mol. The Kier molecular flexibility index (Phi) is 6.00. The summed E-state index contributed by atoms with van der Waals surface area (Å²) >= 11 is 1.69. The Morgan fingerprint density at radius 3 is 2.59 bits per heavy atom. The van der Waals surface area contributed by atoms with Gasteiger partial charge >= 0.3 is 0 Å². The summed E-state index contributed by atoms with van der Waals surface area (Å²) in [6.45, 7) is 6.00. The van der Waals surface area contributed by atoms with E-state index in [2.05, 4.69) is 16.3 Å². The number of likely N-dealkylation sites (tertiary alicyclic amines) is 1.